The minimum atomic E-state index is -1.34. The third kappa shape index (κ3) is 2.19. The van der Waals surface area contributed by atoms with Gasteiger partial charge in [0.25, 0.3) is 5.91 Å². The van der Waals surface area contributed by atoms with E-state index in [0.717, 1.165) is 0 Å². The summed E-state index contributed by atoms with van der Waals surface area (Å²) in [6.07, 6.45) is 8.49. The number of β-lactam (4-membered cyclic amide) rings is 1. The zero-order chi connectivity index (χ0) is 14.6. The van der Waals surface area contributed by atoms with Crippen LogP contribution < -0.4 is 34.7 Å². The number of carbonyl (C=O) groups excluding carboxylic acids is 2. The molecule has 9 heteroatoms. The van der Waals surface area contributed by atoms with Crippen molar-refractivity contribution < 1.29 is 44.3 Å². The Hall–Kier alpha value is -1.61. The van der Waals surface area contributed by atoms with Gasteiger partial charge in [0.05, 0.1) is 29.1 Å². The fourth-order valence-corrected chi connectivity index (χ4v) is 3.46. The number of fused-ring (bicyclic) bond motifs is 2. The standard InChI is InChI=1S/C13H8N4O3S.Na/c18-11-8(12-17(11)9(6-21-12)13(19)20)3-7-5-16-2-1-14-4-10(16)15-7;/h1-6,12H,(H,19,20);/q;+1/p-1/b8-3+;/t12-;/m1./s1. The van der Waals surface area contributed by atoms with Gasteiger partial charge in [-0.3, -0.25) is 14.7 Å². The first-order valence-corrected chi connectivity index (χ1v) is 7.00. The van der Waals surface area contributed by atoms with Gasteiger partial charge in [-0.2, -0.15) is 0 Å². The monoisotopic (exact) mass is 322 g/mol. The maximum atomic E-state index is 12.0. The molecule has 0 radical (unpaired) electrons. The molecule has 0 bridgehead atoms. The summed E-state index contributed by atoms with van der Waals surface area (Å²) in [6, 6.07) is 0. The van der Waals surface area contributed by atoms with E-state index in [2.05, 4.69) is 9.97 Å². The number of aromatic nitrogens is 3. The summed E-state index contributed by atoms with van der Waals surface area (Å²) in [5.74, 6) is -1.66. The molecule has 2 aliphatic heterocycles. The quantitative estimate of drug-likeness (QED) is 0.326. The molecule has 1 atom stereocenters. The number of imidazole rings is 1. The van der Waals surface area contributed by atoms with E-state index in [-0.39, 0.29) is 46.5 Å². The van der Waals surface area contributed by atoms with Crippen molar-refractivity contribution in [2.75, 3.05) is 0 Å². The number of carbonyl (C=O) groups is 2. The third-order valence-electron chi connectivity index (χ3n) is 3.33. The predicted molar refractivity (Wildman–Crippen MR) is 72.3 cm³/mol. The first kappa shape index (κ1) is 15.3. The van der Waals surface area contributed by atoms with Crippen LogP contribution in [0.25, 0.3) is 11.7 Å². The van der Waals surface area contributed by atoms with E-state index < -0.39 is 5.97 Å². The number of amides is 1. The number of hydrogen-bond acceptors (Lipinski definition) is 6. The Bertz CT molecular complexity index is 827. The van der Waals surface area contributed by atoms with E-state index in [0.29, 0.717) is 16.9 Å². The number of rotatable bonds is 2. The number of carboxylic acid groups (broad SMARTS) is 1. The van der Waals surface area contributed by atoms with E-state index in [1.165, 1.54) is 22.1 Å². The van der Waals surface area contributed by atoms with Gasteiger partial charge in [0.15, 0.2) is 5.65 Å². The van der Waals surface area contributed by atoms with Crippen LogP contribution in [0.1, 0.15) is 5.69 Å². The minimum Gasteiger partial charge on any atom is -0.543 e. The number of aliphatic carboxylic acids is 1. The van der Waals surface area contributed by atoms with Gasteiger partial charge in [-0.1, -0.05) is 0 Å². The van der Waals surface area contributed by atoms with Gasteiger partial charge in [-0.15, -0.1) is 11.8 Å². The maximum absolute atomic E-state index is 12.0. The Morgan fingerprint density at radius 2 is 2.27 bits per heavy atom. The minimum absolute atomic E-state index is 0. The van der Waals surface area contributed by atoms with E-state index in [1.54, 1.807) is 35.3 Å². The van der Waals surface area contributed by atoms with E-state index >= 15 is 0 Å². The molecule has 0 N–H and O–H groups in total. The van der Waals surface area contributed by atoms with Gasteiger partial charge in [0, 0.05) is 18.6 Å². The molecule has 1 amide bonds. The van der Waals surface area contributed by atoms with E-state index in [9.17, 15) is 14.7 Å². The second-order valence-electron chi connectivity index (χ2n) is 4.56. The topological polar surface area (TPSA) is 90.6 Å². The average Bonchev–Trinajstić information content (AvgIpc) is 3.05. The molecule has 0 aromatic carbocycles. The Balaban J connectivity index is 0.00000144. The van der Waals surface area contributed by atoms with Crippen LogP contribution in [-0.4, -0.2) is 36.5 Å². The molecule has 4 rings (SSSR count). The summed E-state index contributed by atoms with van der Waals surface area (Å²) >= 11 is 1.27. The zero-order valence-corrected chi connectivity index (χ0v) is 14.3. The summed E-state index contributed by atoms with van der Waals surface area (Å²) in [5, 5.41) is 12.0. The summed E-state index contributed by atoms with van der Waals surface area (Å²) in [7, 11) is 0. The van der Waals surface area contributed by atoms with E-state index in [4.69, 9.17) is 0 Å². The van der Waals surface area contributed by atoms with Crippen molar-refractivity contribution in [2.45, 2.75) is 5.37 Å². The van der Waals surface area contributed by atoms with Crippen LogP contribution in [-0.2, 0) is 9.59 Å². The molecule has 2 aromatic rings. The molecule has 0 spiro atoms. The second-order valence-corrected chi connectivity index (χ2v) is 5.52. The van der Waals surface area contributed by atoms with Crippen LogP contribution in [0.15, 0.2) is 41.5 Å². The van der Waals surface area contributed by atoms with Crippen LogP contribution in [0.4, 0.5) is 0 Å². The summed E-state index contributed by atoms with van der Waals surface area (Å²) in [6.45, 7) is 0. The van der Waals surface area contributed by atoms with Crippen LogP contribution >= 0.6 is 11.8 Å². The van der Waals surface area contributed by atoms with Crippen LogP contribution in [0.2, 0.25) is 0 Å². The first-order valence-electron chi connectivity index (χ1n) is 6.06. The molecular formula is C13H7N4NaO3S. The summed E-state index contributed by atoms with van der Waals surface area (Å²) in [4.78, 5) is 32.5. The van der Waals surface area contributed by atoms with E-state index in [1.807, 2.05) is 0 Å². The third-order valence-corrected chi connectivity index (χ3v) is 4.41. The zero-order valence-electron chi connectivity index (χ0n) is 11.5. The molecule has 0 saturated carbocycles. The van der Waals surface area contributed by atoms with Crippen molar-refractivity contribution >= 4 is 35.4 Å². The summed E-state index contributed by atoms with van der Waals surface area (Å²) < 4.78 is 1.80. The Morgan fingerprint density at radius 1 is 1.45 bits per heavy atom. The summed E-state index contributed by atoms with van der Waals surface area (Å²) in [5.41, 5.74) is 1.77. The molecule has 0 aliphatic carbocycles. The molecule has 7 nitrogen and oxygen atoms in total. The first-order chi connectivity index (χ1) is 10.1. The molecule has 4 heterocycles. The molecule has 1 saturated heterocycles. The molecule has 104 valence electrons. The molecule has 2 aromatic heterocycles. The molecular weight excluding hydrogens is 315 g/mol. The molecule has 0 unspecified atom stereocenters. The molecule has 22 heavy (non-hydrogen) atoms. The van der Waals surface area contributed by atoms with Gasteiger partial charge >= 0.3 is 29.6 Å². The average molecular weight is 322 g/mol. The second kappa shape index (κ2) is 5.54. The number of hydrogen-bond donors (Lipinski definition) is 0. The Labute approximate surface area is 151 Å². The van der Waals surface area contributed by atoms with Crippen LogP contribution in [0.3, 0.4) is 0 Å². The van der Waals surface area contributed by atoms with Gasteiger partial charge in [-0.25, -0.2) is 4.98 Å². The largest absolute Gasteiger partial charge is 1.00 e. The SMILES string of the molecule is O=C([O-])C1=CS[C@@H]2/C(=C/c3cn4ccncc4n3)C(=O)N12.[Na+]. The Morgan fingerprint density at radius 3 is 3.00 bits per heavy atom. The number of carboxylic acids is 1. The normalized spacial score (nSPS) is 21.4. The van der Waals surface area contributed by atoms with Gasteiger partial charge in [0.2, 0.25) is 0 Å². The molecule has 1 fully saturated rings. The van der Waals surface area contributed by atoms with Gasteiger partial charge in [0.1, 0.15) is 5.37 Å². The van der Waals surface area contributed by atoms with Crippen molar-refractivity contribution in [3.63, 3.8) is 0 Å². The van der Waals surface area contributed by atoms with Crippen LogP contribution in [0, 0.1) is 0 Å². The maximum Gasteiger partial charge on any atom is 1.00 e. The predicted octanol–water partition coefficient (Wildman–Crippen LogP) is -3.38. The fourth-order valence-electron chi connectivity index (χ4n) is 2.35. The van der Waals surface area contributed by atoms with Gasteiger partial charge in [-0.05, 0) is 11.5 Å². The van der Waals surface area contributed by atoms with Crippen molar-refractivity contribution in [2.24, 2.45) is 0 Å². The van der Waals surface area contributed by atoms with Crippen molar-refractivity contribution in [3.8, 4) is 0 Å². The van der Waals surface area contributed by atoms with Crippen molar-refractivity contribution in [1.82, 2.24) is 19.3 Å². The molecule has 2 aliphatic rings. The number of nitrogens with zero attached hydrogens (tertiary/aromatic N) is 4. The van der Waals surface area contributed by atoms with Crippen molar-refractivity contribution in [3.05, 3.63) is 47.2 Å². The Kier molecular flexibility index (Phi) is 3.85. The fraction of sp³-hybridized carbons (Fsp3) is 0.0769. The van der Waals surface area contributed by atoms with Gasteiger partial charge < -0.3 is 14.3 Å². The smallest absolute Gasteiger partial charge is 0.543 e. The van der Waals surface area contributed by atoms with Crippen molar-refractivity contribution in [1.29, 1.82) is 0 Å². The van der Waals surface area contributed by atoms with Crippen LogP contribution in [0.5, 0.6) is 0 Å². The number of thioether (sulfide) groups is 1.